The van der Waals surface area contributed by atoms with Crippen LogP contribution in [-0.2, 0) is 6.42 Å². The highest BCUT2D eigenvalue weighted by molar-refractivity contribution is 5.14. The Morgan fingerprint density at radius 3 is 2.47 bits per heavy atom. The molecule has 0 radical (unpaired) electrons. The second kappa shape index (κ2) is 6.17. The second-order valence-electron chi connectivity index (χ2n) is 4.12. The summed E-state index contributed by atoms with van der Waals surface area (Å²) in [5, 5.41) is 4.62. The Kier molecular flexibility index (Phi) is 4.81. The maximum atomic E-state index is 10.5. The fourth-order valence-corrected chi connectivity index (χ4v) is 1.49. The van der Waals surface area contributed by atoms with E-state index in [0.29, 0.717) is 12.5 Å². The molecule has 0 unspecified atom stereocenters. The van der Waals surface area contributed by atoms with E-state index in [1.807, 2.05) is 18.2 Å². The Labute approximate surface area is 91.0 Å². The third-order valence-electron chi connectivity index (χ3n) is 2.19. The zero-order valence-corrected chi connectivity index (χ0v) is 9.39. The summed E-state index contributed by atoms with van der Waals surface area (Å²) in [5.41, 5.74) is 1.25. The maximum Gasteiger partial charge on any atom is 0.0524 e. The Morgan fingerprint density at radius 2 is 1.93 bits per heavy atom. The van der Waals surface area contributed by atoms with Gasteiger partial charge in [-0.2, -0.15) is 0 Å². The van der Waals surface area contributed by atoms with Crippen LogP contribution in [0.4, 0.5) is 0 Å². The van der Waals surface area contributed by atoms with E-state index in [1.54, 1.807) is 5.01 Å². The molecule has 1 aromatic carbocycles. The molecule has 0 bridgehead atoms. The Bertz CT molecular complexity index is 285. The molecule has 1 aromatic rings. The fourth-order valence-electron chi connectivity index (χ4n) is 1.49. The van der Waals surface area contributed by atoms with Crippen molar-refractivity contribution in [3.05, 3.63) is 40.8 Å². The molecule has 0 fully saturated rings. The first-order valence-electron chi connectivity index (χ1n) is 5.34. The number of hydrogen-bond acceptors (Lipinski definition) is 2. The van der Waals surface area contributed by atoms with Gasteiger partial charge in [-0.1, -0.05) is 44.2 Å². The summed E-state index contributed by atoms with van der Waals surface area (Å²) in [6, 6.07) is 10.1. The number of hydrogen-bond donors (Lipinski definition) is 0. The highest BCUT2D eigenvalue weighted by Crippen LogP contribution is 2.04. The van der Waals surface area contributed by atoms with Gasteiger partial charge in [-0.05, 0) is 17.9 Å². The van der Waals surface area contributed by atoms with Crippen molar-refractivity contribution in [2.45, 2.75) is 20.3 Å². The molecule has 15 heavy (non-hydrogen) atoms. The van der Waals surface area contributed by atoms with Gasteiger partial charge in [0.2, 0.25) is 0 Å². The molecule has 1 rings (SSSR count). The van der Waals surface area contributed by atoms with Crippen molar-refractivity contribution < 1.29 is 0 Å². The van der Waals surface area contributed by atoms with Gasteiger partial charge >= 0.3 is 0 Å². The van der Waals surface area contributed by atoms with E-state index >= 15 is 0 Å². The van der Waals surface area contributed by atoms with Crippen molar-refractivity contribution in [2.24, 2.45) is 11.2 Å². The molecule has 0 spiro atoms. The summed E-state index contributed by atoms with van der Waals surface area (Å²) >= 11 is 0. The summed E-state index contributed by atoms with van der Waals surface area (Å²) < 4.78 is 0. The molecule has 3 nitrogen and oxygen atoms in total. The lowest BCUT2D eigenvalue weighted by Crippen LogP contribution is -2.24. The normalized spacial score (nSPS) is 10.3. The zero-order valence-electron chi connectivity index (χ0n) is 9.39. The number of benzene rings is 1. The summed E-state index contributed by atoms with van der Waals surface area (Å²) in [6.07, 6.45) is 0.874. The monoisotopic (exact) mass is 206 g/mol. The first-order valence-corrected chi connectivity index (χ1v) is 5.34. The third kappa shape index (κ3) is 4.58. The highest BCUT2D eigenvalue weighted by Gasteiger charge is 2.05. The van der Waals surface area contributed by atoms with Gasteiger partial charge in [-0.3, -0.25) is 5.01 Å². The number of nitrogens with zero attached hydrogens (tertiary/aromatic N) is 2. The van der Waals surface area contributed by atoms with E-state index in [4.69, 9.17) is 0 Å². The topological polar surface area (TPSA) is 32.7 Å². The minimum Gasteiger partial charge on any atom is -0.260 e. The third-order valence-corrected chi connectivity index (χ3v) is 2.19. The Balaban J connectivity index is 2.38. The smallest absolute Gasteiger partial charge is 0.0524 e. The standard InChI is InChI=1S/C12H18N2O/c1-11(2)10-14(13-15)9-8-12-6-4-3-5-7-12/h3-7,11H,8-10H2,1-2H3. The SMILES string of the molecule is CC(C)CN(CCc1ccccc1)N=O. The van der Waals surface area contributed by atoms with Crippen LogP contribution in [0.25, 0.3) is 0 Å². The van der Waals surface area contributed by atoms with E-state index in [2.05, 4.69) is 31.3 Å². The average Bonchev–Trinajstić information content (AvgIpc) is 2.25. The van der Waals surface area contributed by atoms with Crippen LogP contribution in [0.2, 0.25) is 0 Å². The molecule has 0 aromatic heterocycles. The van der Waals surface area contributed by atoms with Crippen LogP contribution < -0.4 is 0 Å². The summed E-state index contributed by atoms with van der Waals surface area (Å²) in [4.78, 5) is 10.5. The predicted octanol–water partition coefficient (Wildman–Crippen LogP) is 2.87. The first-order chi connectivity index (χ1) is 7.22. The van der Waals surface area contributed by atoms with E-state index in [1.165, 1.54) is 5.56 Å². The minimum atomic E-state index is 0.471. The number of nitroso groups, excluding NO2 is 1. The molecule has 0 saturated heterocycles. The van der Waals surface area contributed by atoms with Crippen molar-refractivity contribution in [3.8, 4) is 0 Å². The first kappa shape index (κ1) is 11.7. The van der Waals surface area contributed by atoms with Gasteiger partial charge < -0.3 is 0 Å². The van der Waals surface area contributed by atoms with Crippen LogP contribution >= 0.6 is 0 Å². The number of rotatable bonds is 6. The lowest BCUT2D eigenvalue weighted by atomic mass is 10.1. The lowest BCUT2D eigenvalue weighted by Gasteiger charge is -2.17. The summed E-state index contributed by atoms with van der Waals surface area (Å²) in [7, 11) is 0. The quantitative estimate of drug-likeness (QED) is 0.529. The van der Waals surface area contributed by atoms with Gasteiger partial charge in [0, 0.05) is 13.1 Å². The molecule has 0 saturated carbocycles. The van der Waals surface area contributed by atoms with Crippen LogP contribution in [0.15, 0.2) is 35.6 Å². The van der Waals surface area contributed by atoms with Crippen LogP contribution in [0.1, 0.15) is 19.4 Å². The second-order valence-corrected chi connectivity index (χ2v) is 4.12. The Hall–Kier alpha value is -1.38. The zero-order chi connectivity index (χ0) is 11.1. The lowest BCUT2D eigenvalue weighted by molar-refractivity contribution is 0.255. The van der Waals surface area contributed by atoms with Crippen LogP contribution in [0.5, 0.6) is 0 Å². The predicted molar refractivity (Wildman–Crippen MR) is 62.4 cm³/mol. The Morgan fingerprint density at radius 1 is 1.27 bits per heavy atom. The van der Waals surface area contributed by atoms with Crippen LogP contribution in [-0.4, -0.2) is 18.1 Å². The minimum absolute atomic E-state index is 0.471. The van der Waals surface area contributed by atoms with E-state index in [-0.39, 0.29) is 0 Å². The molecule has 0 atom stereocenters. The average molecular weight is 206 g/mol. The molecule has 0 amide bonds. The molecule has 82 valence electrons. The van der Waals surface area contributed by atoms with Crippen molar-refractivity contribution in [3.63, 3.8) is 0 Å². The highest BCUT2D eigenvalue weighted by atomic mass is 16.3. The van der Waals surface area contributed by atoms with Crippen LogP contribution in [0.3, 0.4) is 0 Å². The van der Waals surface area contributed by atoms with Gasteiger partial charge in [-0.15, -0.1) is 4.91 Å². The summed E-state index contributed by atoms with van der Waals surface area (Å²) in [5.74, 6) is 0.471. The fraction of sp³-hybridized carbons (Fsp3) is 0.500. The van der Waals surface area contributed by atoms with E-state index in [0.717, 1.165) is 13.0 Å². The molecule has 0 heterocycles. The molecular formula is C12H18N2O. The molecule has 0 aliphatic carbocycles. The molecule has 0 N–H and O–H groups in total. The van der Waals surface area contributed by atoms with Gasteiger partial charge in [-0.25, -0.2) is 0 Å². The van der Waals surface area contributed by atoms with E-state index in [9.17, 15) is 4.91 Å². The molecule has 0 aliphatic rings. The van der Waals surface area contributed by atoms with E-state index < -0.39 is 0 Å². The molecule has 0 aliphatic heterocycles. The maximum absolute atomic E-state index is 10.5. The van der Waals surface area contributed by atoms with Gasteiger partial charge in [0.15, 0.2) is 0 Å². The van der Waals surface area contributed by atoms with Crippen molar-refractivity contribution in [1.29, 1.82) is 0 Å². The van der Waals surface area contributed by atoms with Gasteiger partial charge in [0.1, 0.15) is 0 Å². The van der Waals surface area contributed by atoms with Crippen molar-refractivity contribution in [2.75, 3.05) is 13.1 Å². The van der Waals surface area contributed by atoms with Crippen molar-refractivity contribution in [1.82, 2.24) is 5.01 Å². The largest absolute Gasteiger partial charge is 0.260 e. The molecular weight excluding hydrogens is 188 g/mol. The van der Waals surface area contributed by atoms with Gasteiger partial charge in [0.05, 0.1) is 5.29 Å². The van der Waals surface area contributed by atoms with Crippen molar-refractivity contribution >= 4 is 0 Å². The molecule has 3 heteroatoms. The van der Waals surface area contributed by atoms with Crippen LogP contribution in [0, 0.1) is 10.8 Å². The summed E-state index contributed by atoms with van der Waals surface area (Å²) in [6.45, 7) is 5.60. The van der Waals surface area contributed by atoms with Gasteiger partial charge in [0.25, 0.3) is 0 Å².